The maximum atomic E-state index is 12.2. The monoisotopic (exact) mass is 290 g/mol. The van der Waals surface area contributed by atoms with Crippen molar-refractivity contribution in [1.29, 1.82) is 0 Å². The fraction of sp³-hybridized carbons (Fsp3) is 0.467. The zero-order chi connectivity index (χ0) is 15.4. The van der Waals surface area contributed by atoms with Gasteiger partial charge in [0.2, 0.25) is 0 Å². The van der Waals surface area contributed by atoms with Gasteiger partial charge in [-0.05, 0) is 32.4 Å². The van der Waals surface area contributed by atoms with E-state index in [0.717, 1.165) is 30.9 Å². The highest BCUT2D eigenvalue weighted by molar-refractivity contribution is 5.89. The number of nitrogens with zero attached hydrogens (tertiary/aromatic N) is 3. The molecule has 114 valence electrons. The Kier molecular flexibility index (Phi) is 4.67. The maximum Gasteiger partial charge on any atom is 0.355 e. The van der Waals surface area contributed by atoms with Crippen LogP contribution in [0.1, 0.15) is 42.1 Å². The molecule has 2 heterocycles. The van der Waals surface area contributed by atoms with Crippen molar-refractivity contribution in [2.45, 2.75) is 46.9 Å². The molecular formula is C15H22N4O2. The first-order valence-electron chi connectivity index (χ1n) is 7.21. The predicted octanol–water partition coefficient (Wildman–Crippen LogP) is 2.36. The molecule has 0 saturated carbocycles. The molecule has 0 fully saturated rings. The molecule has 0 radical (unpaired) electrons. The van der Waals surface area contributed by atoms with E-state index in [1.165, 1.54) is 0 Å². The highest BCUT2D eigenvalue weighted by Gasteiger charge is 2.15. The summed E-state index contributed by atoms with van der Waals surface area (Å²) in [4.78, 5) is 12.2. The molecule has 2 aromatic heterocycles. The summed E-state index contributed by atoms with van der Waals surface area (Å²) in [5, 5.41) is 4.33. The van der Waals surface area contributed by atoms with Crippen LogP contribution in [0.3, 0.4) is 0 Å². The normalized spacial score (nSPS) is 10.8. The van der Waals surface area contributed by atoms with E-state index in [9.17, 15) is 4.79 Å². The van der Waals surface area contributed by atoms with Gasteiger partial charge in [-0.2, -0.15) is 5.10 Å². The van der Waals surface area contributed by atoms with Crippen LogP contribution in [0.2, 0.25) is 0 Å². The van der Waals surface area contributed by atoms with Gasteiger partial charge in [-0.25, -0.2) is 4.79 Å². The van der Waals surface area contributed by atoms with Crippen molar-refractivity contribution in [3.8, 4) is 0 Å². The van der Waals surface area contributed by atoms with Gasteiger partial charge in [-0.15, -0.1) is 0 Å². The van der Waals surface area contributed by atoms with E-state index in [2.05, 4.69) is 5.10 Å². The van der Waals surface area contributed by atoms with Crippen molar-refractivity contribution in [3.05, 3.63) is 35.4 Å². The predicted molar refractivity (Wildman–Crippen MR) is 80.9 cm³/mol. The molecule has 0 aliphatic rings. The second kappa shape index (κ2) is 6.47. The summed E-state index contributed by atoms with van der Waals surface area (Å²) in [7, 11) is 0. The maximum absolute atomic E-state index is 12.2. The zero-order valence-electron chi connectivity index (χ0n) is 12.8. The van der Waals surface area contributed by atoms with Crippen LogP contribution in [0.4, 0.5) is 5.69 Å². The fourth-order valence-corrected chi connectivity index (χ4v) is 2.33. The molecule has 0 amide bonds. The Morgan fingerprint density at radius 1 is 1.38 bits per heavy atom. The van der Waals surface area contributed by atoms with Gasteiger partial charge < -0.3 is 15.0 Å². The Bertz CT molecular complexity index is 628. The summed E-state index contributed by atoms with van der Waals surface area (Å²) in [6, 6.07) is 3.58. The summed E-state index contributed by atoms with van der Waals surface area (Å²) in [6.45, 7) is 7.68. The quantitative estimate of drug-likeness (QED) is 0.829. The molecule has 2 N–H and O–H groups in total. The second-order valence-electron chi connectivity index (χ2n) is 5.02. The molecule has 6 heteroatoms. The van der Waals surface area contributed by atoms with E-state index >= 15 is 0 Å². The summed E-state index contributed by atoms with van der Waals surface area (Å²) in [5.41, 5.74) is 8.64. The third kappa shape index (κ3) is 3.45. The molecule has 0 aliphatic carbocycles. The van der Waals surface area contributed by atoms with Gasteiger partial charge in [-0.1, -0.05) is 6.92 Å². The Hall–Kier alpha value is -2.24. The van der Waals surface area contributed by atoms with E-state index in [4.69, 9.17) is 10.5 Å². The molecule has 2 rings (SSSR count). The first-order valence-corrected chi connectivity index (χ1v) is 7.21. The topological polar surface area (TPSA) is 75.1 Å². The highest BCUT2D eigenvalue weighted by Crippen LogP contribution is 2.14. The highest BCUT2D eigenvalue weighted by atomic mass is 16.5. The molecule has 2 aromatic rings. The van der Waals surface area contributed by atoms with Gasteiger partial charge >= 0.3 is 5.97 Å². The molecule has 6 nitrogen and oxygen atoms in total. The van der Waals surface area contributed by atoms with Crippen LogP contribution in [-0.4, -0.2) is 20.3 Å². The third-order valence-corrected chi connectivity index (χ3v) is 3.23. The van der Waals surface area contributed by atoms with Crippen LogP contribution in [-0.2, 0) is 24.4 Å². The van der Waals surface area contributed by atoms with Gasteiger partial charge in [0.15, 0.2) is 0 Å². The lowest BCUT2D eigenvalue weighted by atomic mass is 10.3. The number of rotatable bonds is 6. The van der Waals surface area contributed by atoms with Gasteiger partial charge in [-0.3, -0.25) is 4.68 Å². The number of nitrogen functional groups attached to an aromatic ring is 1. The fourth-order valence-electron chi connectivity index (χ4n) is 2.33. The Morgan fingerprint density at radius 2 is 2.14 bits per heavy atom. The number of carbonyl (C=O) groups is 1. The Labute approximate surface area is 124 Å². The van der Waals surface area contributed by atoms with Crippen molar-refractivity contribution in [1.82, 2.24) is 14.3 Å². The smallest absolute Gasteiger partial charge is 0.355 e. The average molecular weight is 290 g/mol. The van der Waals surface area contributed by atoms with Crippen LogP contribution in [0, 0.1) is 6.92 Å². The minimum absolute atomic E-state index is 0.213. The van der Waals surface area contributed by atoms with E-state index in [-0.39, 0.29) is 12.6 Å². The lowest BCUT2D eigenvalue weighted by molar-refractivity contribution is 0.0449. The SMILES string of the molecule is CCCn1cc(N)cc1C(=O)OCc1cc(C)nn1CC. The molecule has 0 bridgehead atoms. The number of hydrogen-bond donors (Lipinski definition) is 1. The standard InChI is InChI=1S/C15H22N4O2/c1-4-6-18-9-12(16)8-14(18)15(20)21-10-13-7-11(3)17-19(13)5-2/h7-9H,4-6,10,16H2,1-3H3. The number of carbonyl (C=O) groups excluding carboxylic acids is 1. The number of anilines is 1. The largest absolute Gasteiger partial charge is 0.455 e. The van der Waals surface area contributed by atoms with Crippen LogP contribution in [0.15, 0.2) is 18.3 Å². The third-order valence-electron chi connectivity index (χ3n) is 3.23. The summed E-state index contributed by atoms with van der Waals surface area (Å²) in [5.74, 6) is -0.360. The number of aromatic nitrogens is 3. The van der Waals surface area contributed by atoms with E-state index in [0.29, 0.717) is 11.4 Å². The molecule has 0 unspecified atom stereocenters. The first kappa shape index (κ1) is 15.2. The molecule has 0 spiro atoms. The number of aryl methyl sites for hydroxylation is 3. The summed E-state index contributed by atoms with van der Waals surface area (Å²) in [6.07, 6.45) is 2.69. The van der Waals surface area contributed by atoms with E-state index in [1.54, 1.807) is 12.3 Å². The Morgan fingerprint density at radius 3 is 2.81 bits per heavy atom. The summed E-state index contributed by atoms with van der Waals surface area (Å²) >= 11 is 0. The van der Waals surface area contributed by atoms with Gasteiger partial charge in [0.05, 0.1) is 17.1 Å². The van der Waals surface area contributed by atoms with Crippen molar-refractivity contribution >= 4 is 11.7 Å². The minimum Gasteiger partial charge on any atom is -0.455 e. The number of nitrogens with two attached hydrogens (primary N) is 1. The van der Waals surface area contributed by atoms with Crippen molar-refractivity contribution in [2.75, 3.05) is 5.73 Å². The zero-order valence-corrected chi connectivity index (χ0v) is 12.8. The average Bonchev–Trinajstić information content (AvgIpc) is 2.99. The van der Waals surface area contributed by atoms with E-state index in [1.807, 2.05) is 36.1 Å². The second-order valence-corrected chi connectivity index (χ2v) is 5.02. The van der Waals surface area contributed by atoms with Crippen molar-refractivity contribution in [3.63, 3.8) is 0 Å². The number of esters is 1. The molecule has 0 saturated heterocycles. The molecule has 0 atom stereocenters. The molecule has 21 heavy (non-hydrogen) atoms. The minimum atomic E-state index is -0.360. The van der Waals surface area contributed by atoms with Crippen molar-refractivity contribution < 1.29 is 9.53 Å². The molecule has 0 aliphatic heterocycles. The van der Waals surface area contributed by atoms with E-state index < -0.39 is 0 Å². The number of hydrogen-bond acceptors (Lipinski definition) is 4. The van der Waals surface area contributed by atoms with Crippen LogP contribution in [0.5, 0.6) is 0 Å². The van der Waals surface area contributed by atoms with Crippen LogP contribution >= 0.6 is 0 Å². The van der Waals surface area contributed by atoms with Crippen LogP contribution < -0.4 is 5.73 Å². The lowest BCUT2D eigenvalue weighted by Gasteiger charge is -2.09. The first-order chi connectivity index (χ1) is 10.0. The summed E-state index contributed by atoms with van der Waals surface area (Å²) < 4.78 is 9.06. The van der Waals surface area contributed by atoms with Gasteiger partial charge in [0.25, 0.3) is 0 Å². The Balaban J connectivity index is 2.08. The van der Waals surface area contributed by atoms with Gasteiger partial charge in [0.1, 0.15) is 12.3 Å². The lowest BCUT2D eigenvalue weighted by Crippen LogP contribution is -2.13. The van der Waals surface area contributed by atoms with Gasteiger partial charge in [0, 0.05) is 19.3 Å². The van der Waals surface area contributed by atoms with Crippen molar-refractivity contribution in [2.24, 2.45) is 0 Å². The number of ether oxygens (including phenoxy) is 1. The van der Waals surface area contributed by atoms with Crippen LogP contribution in [0.25, 0.3) is 0 Å². The molecular weight excluding hydrogens is 268 g/mol. The molecule has 0 aromatic carbocycles.